The zero-order valence-corrected chi connectivity index (χ0v) is 16.5. The van der Waals surface area contributed by atoms with Gasteiger partial charge >= 0.3 is 0 Å². The van der Waals surface area contributed by atoms with Crippen LogP contribution in [0.1, 0.15) is 45.2 Å². The number of nitrogens with zero attached hydrogens (tertiary/aromatic N) is 1. The molecule has 142 valence electrons. The quantitative estimate of drug-likeness (QED) is 0.593. The van der Waals surface area contributed by atoms with Crippen LogP contribution < -0.4 is 10.1 Å². The largest absolute Gasteiger partial charge is 0.486 e. The van der Waals surface area contributed by atoms with Gasteiger partial charge in [-0.2, -0.15) is 5.26 Å². The molecule has 2 heterocycles. The lowest BCUT2D eigenvalue weighted by Crippen LogP contribution is -2.11. The van der Waals surface area contributed by atoms with Crippen LogP contribution in [0.2, 0.25) is 5.02 Å². The SMILES string of the molecule is N#Cc1c(NC(=O)c2ccc(COc3cccc(Cl)c3)o2)sc2c1CCCC2. The maximum Gasteiger partial charge on any atom is 0.292 e. The van der Waals surface area contributed by atoms with E-state index < -0.39 is 0 Å². The summed E-state index contributed by atoms with van der Waals surface area (Å²) in [4.78, 5) is 13.8. The van der Waals surface area contributed by atoms with Crippen molar-refractivity contribution in [2.24, 2.45) is 0 Å². The van der Waals surface area contributed by atoms with E-state index in [1.54, 1.807) is 36.4 Å². The number of fused-ring (bicyclic) bond motifs is 1. The van der Waals surface area contributed by atoms with Crippen molar-refractivity contribution in [1.29, 1.82) is 5.26 Å². The molecule has 28 heavy (non-hydrogen) atoms. The Bertz CT molecular complexity index is 1060. The number of anilines is 1. The summed E-state index contributed by atoms with van der Waals surface area (Å²) in [5.41, 5.74) is 1.67. The van der Waals surface area contributed by atoms with Crippen LogP contribution in [0.15, 0.2) is 40.8 Å². The number of furan rings is 1. The first-order chi connectivity index (χ1) is 13.6. The van der Waals surface area contributed by atoms with Crippen LogP contribution in [0.5, 0.6) is 5.75 Å². The zero-order chi connectivity index (χ0) is 19.5. The number of amides is 1. The number of thiophene rings is 1. The van der Waals surface area contributed by atoms with E-state index in [0.29, 0.717) is 27.1 Å². The second-order valence-electron chi connectivity index (χ2n) is 6.49. The highest BCUT2D eigenvalue weighted by atomic mass is 35.5. The van der Waals surface area contributed by atoms with Crippen molar-refractivity contribution in [3.63, 3.8) is 0 Å². The minimum atomic E-state index is -0.371. The topological polar surface area (TPSA) is 75.3 Å². The van der Waals surface area contributed by atoms with E-state index in [4.69, 9.17) is 20.8 Å². The fourth-order valence-electron chi connectivity index (χ4n) is 3.23. The summed E-state index contributed by atoms with van der Waals surface area (Å²) >= 11 is 7.43. The molecule has 0 fully saturated rings. The molecule has 1 aliphatic rings. The summed E-state index contributed by atoms with van der Waals surface area (Å²) in [7, 11) is 0. The van der Waals surface area contributed by atoms with Crippen LogP contribution in [-0.4, -0.2) is 5.91 Å². The lowest BCUT2D eigenvalue weighted by molar-refractivity contribution is 0.0993. The first-order valence-corrected chi connectivity index (χ1v) is 10.2. The number of carbonyl (C=O) groups excluding carboxylic acids is 1. The van der Waals surface area contributed by atoms with Crippen LogP contribution >= 0.6 is 22.9 Å². The highest BCUT2D eigenvalue weighted by Crippen LogP contribution is 2.37. The lowest BCUT2D eigenvalue weighted by Gasteiger charge is -2.09. The molecule has 0 spiro atoms. The molecule has 2 aromatic heterocycles. The molecule has 7 heteroatoms. The Morgan fingerprint density at radius 1 is 1.29 bits per heavy atom. The van der Waals surface area contributed by atoms with Gasteiger partial charge in [-0.15, -0.1) is 11.3 Å². The lowest BCUT2D eigenvalue weighted by atomic mass is 9.96. The Morgan fingerprint density at radius 2 is 2.14 bits per heavy atom. The fraction of sp³-hybridized carbons (Fsp3) is 0.238. The van der Waals surface area contributed by atoms with Gasteiger partial charge in [0.2, 0.25) is 0 Å². The molecular formula is C21H17ClN2O3S. The first kappa shape index (κ1) is 18.6. The third kappa shape index (κ3) is 3.91. The average molecular weight is 413 g/mol. The summed E-state index contributed by atoms with van der Waals surface area (Å²) in [6.07, 6.45) is 4.08. The van der Waals surface area contributed by atoms with Crippen molar-refractivity contribution in [3.05, 3.63) is 68.9 Å². The molecule has 0 atom stereocenters. The molecule has 4 rings (SSSR count). The number of hydrogen-bond donors (Lipinski definition) is 1. The third-order valence-corrected chi connectivity index (χ3v) is 6.02. The van der Waals surface area contributed by atoms with Gasteiger partial charge in [0, 0.05) is 9.90 Å². The number of rotatable bonds is 5. The van der Waals surface area contributed by atoms with E-state index in [9.17, 15) is 10.1 Å². The van der Waals surface area contributed by atoms with Crippen LogP contribution in [-0.2, 0) is 19.4 Å². The van der Waals surface area contributed by atoms with Crippen molar-refractivity contribution in [3.8, 4) is 11.8 Å². The standard InChI is InChI=1S/C21H17ClN2O3S/c22-13-4-3-5-14(10-13)26-12-15-8-9-18(27-15)20(25)24-21-17(11-23)16-6-1-2-7-19(16)28-21/h3-5,8-10H,1-2,6-7,12H2,(H,24,25). The van der Waals surface area contributed by atoms with E-state index in [-0.39, 0.29) is 18.3 Å². The average Bonchev–Trinajstić information content (AvgIpc) is 3.30. The van der Waals surface area contributed by atoms with Crippen LogP contribution in [0.25, 0.3) is 0 Å². The molecular weight excluding hydrogens is 396 g/mol. The van der Waals surface area contributed by atoms with E-state index in [2.05, 4.69) is 11.4 Å². The highest BCUT2D eigenvalue weighted by Gasteiger charge is 2.23. The van der Waals surface area contributed by atoms with E-state index in [1.165, 1.54) is 16.2 Å². The predicted octanol–water partition coefficient (Wildman–Crippen LogP) is 5.58. The number of hydrogen-bond acceptors (Lipinski definition) is 5. The van der Waals surface area contributed by atoms with Gasteiger partial charge in [0.05, 0.1) is 5.56 Å². The number of ether oxygens (including phenoxy) is 1. The Balaban J connectivity index is 1.44. The Hall–Kier alpha value is -2.75. The minimum Gasteiger partial charge on any atom is -0.486 e. The molecule has 0 aliphatic heterocycles. The molecule has 0 saturated heterocycles. The van der Waals surface area contributed by atoms with Gasteiger partial charge < -0.3 is 14.5 Å². The number of aryl methyl sites for hydroxylation is 1. The maximum absolute atomic E-state index is 12.6. The van der Waals surface area contributed by atoms with Crippen LogP contribution in [0, 0.1) is 11.3 Å². The van der Waals surface area contributed by atoms with Crippen molar-refractivity contribution >= 4 is 33.8 Å². The Labute approximate surface area is 171 Å². The Kier molecular flexibility index (Phi) is 5.38. The molecule has 0 radical (unpaired) electrons. The van der Waals surface area contributed by atoms with Crippen LogP contribution in [0.4, 0.5) is 5.00 Å². The van der Waals surface area contributed by atoms with Crippen molar-refractivity contribution < 1.29 is 13.9 Å². The molecule has 0 unspecified atom stereocenters. The summed E-state index contributed by atoms with van der Waals surface area (Å²) in [6, 6.07) is 12.6. The second-order valence-corrected chi connectivity index (χ2v) is 8.03. The van der Waals surface area contributed by atoms with Gasteiger partial charge in [-0.3, -0.25) is 4.79 Å². The molecule has 1 aromatic carbocycles. The zero-order valence-electron chi connectivity index (χ0n) is 15.0. The maximum atomic E-state index is 12.6. The molecule has 3 aromatic rings. The van der Waals surface area contributed by atoms with Crippen LogP contribution in [0.3, 0.4) is 0 Å². The summed E-state index contributed by atoms with van der Waals surface area (Å²) in [5.74, 6) is 0.956. The third-order valence-electron chi connectivity index (χ3n) is 4.57. The number of nitriles is 1. The van der Waals surface area contributed by atoms with E-state index in [1.807, 2.05) is 0 Å². The molecule has 0 bridgehead atoms. The van der Waals surface area contributed by atoms with Gasteiger partial charge in [0.25, 0.3) is 5.91 Å². The second kappa shape index (κ2) is 8.09. The van der Waals surface area contributed by atoms with Crippen molar-refractivity contribution in [2.75, 3.05) is 5.32 Å². The van der Waals surface area contributed by atoms with Gasteiger partial charge in [0.15, 0.2) is 5.76 Å². The minimum absolute atomic E-state index is 0.181. The van der Waals surface area contributed by atoms with Gasteiger partial charge in [-0.25, -0.2) is 0 Å². The molecule has 1 N–H and O–H groups in total. The molecule has 1 aliphatic carbocycles. The van der Waals surface area contributed by atoms with Gasteiger partial charge in [-0.05, 0) is 61.6 Å². The number of nitrogens with one attached hydrogen (secondary N) is 1. The number of carbonyl (C=O) groups is 1. The highest BCUT2D eigenvalue weighted by molar-refractivity contribution is 7.16. The normalized spacial score (nSPS) is 12.9. The van der Waals surface area contributed by atoms with E-state index in [0.717, 1.165) is 31.2 Å². The first-order valence-electron chi connectivity index (χ1n) is 8.97. The fourth-order valence-corrected chi connectivity index (χ4v) is 4.64. The number of halogens is 1. The van der Waals surface area contributed by atoms with Crippen molar-refractivity contribution in [1.82, 2.24) is 0 Å². The van der Waals surface area contributed by atoms with Crippen molar-refractivity contribution in [2.45, 2.75) is 32.3 Å². The van der Waals surface area contributed by atoms with Gasteiger partial charge in [-0.1, -0.05) is 17.7 Å². The molecule has 0 saturated carbocycles. The Morgan fingerprint density at radius 3 is 2.96 bits per heavy atom. The van der Waals surface area contributed by atoms with E-state index >= 15 is 0 Å². The smallest absolute Gasteiger partial charge is 0.292 e. The monoisotopic (exact) mass is 412 g/mol. The predicted molar refractivity (Wildman–Crippen MR) is 108 cm³/mol. The summed E-state index contributed by atoms with van der Waals surface area (Å²) < 4.78 is 11.2. The summed E-state index contributed by atoms with van der Waals surface area (Å²) in [6.45, 7) is 0.185. The van der Waals surface area contributed by atoms with Gasteiger partial charge in [0.1, 0.15) is 29.2 Å². The summed E-state index contributed by atoms with van der Waals surface area (Å²) in [5, 5.41) is 13.5. The molecule has 1 amide bonds. The number of benzene rings is 1. The molecule has 5 nitrogen and oxygen atoms in total.